The van der Waals surface area contributed by atoms with E-state index in [9.17, 15) is 9.59 Å². The summed E-state index contributed by atoms with van der Waals surface area (Å²) in [5.74, 6) is -0.390. The van der Waals surface area contributed by atoms with E-state index >= 15 is 0 Å². The van der Waals surface area contributed by atoms with E-state index in [2.05, 4.69) is 15.5 Å². The summed E-state index contributed by atoms with van der Waals surface area (Å²) in [6.45, 7) is 2.14. The number of amides is 1. The van der Waals surface area contributed by atoms with Crippen molar-refractivity contribution in [1.29, 1.82) is 0 Å². The Labute approximate surface area is 110 Å². The first kappa shape index (κ1) is 13.5. The average molecular weight is 267 g/mol. The Hall–Kier alpha value is -1.92. The smallest absolute Gasteiger partial charge is 0.306 e. The fourth-order valence-corrected chi connectivity index (χ4v) is 2.33. The average Bonchev–Trinajstić information content (AvgIpc) is 2.98. The largest absolute Gasteiger partial charge is 0.481 e. The van der Waals surface area contributed by atoms with Crippen molar-refractivity contribution >= 4 is 11.9 Å². The third-order valence-electron chi connectivity index (χ3n) is 3.37. The molecule has 1 aromatic rings. The number of hydrogen-bond acceptors (Lipinski definition) is 5. The Morgan fingerprint density at radius 3 is 2.74 bits per heavy atom. The Kier molecular flexibility index (Phi) is 4.13. The van der Waals surface area contributed by atoms with Crippen LogP contribution < -0.4 is 5.32 Å². The Balaban J connectivity index is 1.72. The zero-order valence-corrected chi connectivity index (χ0v) is 10.8. The second-order valence-electron chi connectivity index (χ2n) is 4.82. The number of aliphatic carboxylic acids is 1. The number of aryl methyl sites for hydroxylation is 1. The summed E-state index contributed by atoms with van der Waals surface area (Å²) in [4.78, 5) is 26.7. The van der Waals surface area contributed by atoms with E-state index in [0.29, 0.717) is 43.9 Å². The Bertz CT molecular complexity index is 471. The van der Waals surface area contributed by atoms with Crippen LogP contribution in [-0.4, -0.2) is 33.7 Å². The van der Waals surface area contributed by atoms with Crippen molar-refractivity contribution in [3.63, 3.8) is 0 Å². The second kappa shape index (κ2) is 5.81. The van der Waals surface area contributed by atoms with Crippen LogP contribution in [0.3, 0.4) is 0 Å². The molecule has 0 spiro atoms. The number of carbonyl (C=O) groups excluding carboxylic acids is 1. The fraction of sp³-hybridized carbons (Fsp3) is 0.667. The highest BCUT2D eigenvalue weighted by Crippen LogP contribution is 2.30. The van der Waals surface area contributed by atoms with Gasteiger partial charge in [-0.25, -0.2) is 0 Å². The quantitative estimate of drug-likeness (QED) is 0.806. The first-order valence-electron chi connectivity index (χ1n) is 6.36. The molecule has 0 aliphatic heterocycles. The molecule has 1 aromatic heterocycles. The molecule has 19 heavy (non-hydrogen) atoms. The number of nitrogens with one attached hydrogen (secondary N) is 1. The number of carboxylic acid groups (broad SMARTS) is 1. The van der Waals surface area contributed by atoms with Crippen LogP contribution in [0.15, 0.2) is 4.52 Å². The molecule has 0 aromatic carbocycles. The van der Waals surface area contributed by atoms with Gasteiger partial charge in [0, 0.05) is 25.8 Å². The fourth-order valence-electron chi connectivity index (χ4n) is 2.33. The summed E-state index contributed by atoms with van der Waals surface area (Å²) < 4.78 is 4.82. The summed E-state index contributed by atoms with van der Waals surface area (Å²) in [6.07, 6.45) is 2.17. The predicted octanol–water partition coefficient (Wildman–Crippen LogP) is 0.538. The lowest BCUT2D eigenvalue weighted by Crippen LogP contribution is -2.31. The van der Waals surface area contributed by atoms with Crippen molar-refractivity contribution in [3.05, 3.63) is 11.7 Å². The number of aromatic nitrogens is 2. The highest BCUT2D eigenvalue weighted by atomic mass is 16.5. The topological polar surface area (TPSA) is 105 Å². The standard InChI is InChI=1S/C12H17N3O4/c1-7-14-10(15-19-7)4-5-13-11(16)8-2-3-9(6-8)12(17)18/h8-9H,2-6H2,1H3,(H,13,16)(H,17,18)/t8-,9+/m1/s1. The molecule has 1 heterocycles. The molecule has 1 aliphatic rings. The minimum Gasteiger partial charge on any atom is -0.481 e. The van der Waals surface area contributed by atoms with Crippen LogP contribution in [0.4, 0.5) is 0 Å². The number of rotatable bonds is 5. The highest BCUT2D eigenvalue weighted by Gasteiger charge is 2.33. The molecule has 2 atom stereocenters. The van der Waals surface area contributed by atoms with Crippen molar-refractivity contribution in [2.45, 2.75) is 32.6 Å². The van der Waals surface area contributed by atoms with Gasteiger partial charge in [0.2, 0.25) is 11.8 Å². The van der Waals surface area contributed by atoms with Crippen LogP contribution >= 0.6 is 0 Å². The molecule has 0 saturated heterocycles. The van der Waals surface area contributed by atoms with Crippen molar-refractivity contribution in [1.82, 2.24) is 15.5 Å². The molecule has 0 radical (unpaired) electrons. The Morgan fingerprint density at radius 2 is 2.16 bits per heavy atom. The van der Waals surface area contributed by atoms with Crippen LogP contribution in [-0.2, 0) is 16.0 Å². The molecule has 7 nitrogen and oxygen atoms in total. The maximum Gasteiger partial charge on any atom is 0.306 e. The summed E-state index contributed by atoms with van der Waals surface area (Å²) in [5.41, 5.74) is 0. The molecule has 1 fully saturated rings. The van der Waals surface area contributed by atoms with Gasteiger partial charge in [-0.2, -0.15) is 4.98 Å². The van der Waals surface area contributed by atoms with E-state index in [1.165, 1.54) is 0 Å². The van der Waals surface area contributed by atoms with Crippen LogP contribution in [0.25, 0.3) is 0 Å². The van der Waals surface area contributed by atoms with Crippen LogP contribution in [0.2, 0.25) is 0 Å². The summed E-state index contributed by atoms with van der Waals surface area (Å²) in [6, 6.07) is 0. The molecule has 1 amide bonds. The molecule has 104 valence electrons. The minimum atomic E-state index is -0.808. The Morgan fingerprint density at radius 1 is 1.42 bits per heavy atom. The SMILES string of the molecule is Cc1nc(CCNC(=O)[C@@H]2CC[C@H](C(=O)O)C2)no1. The minimum absolute atomic E-state index is 0.0797. The van der Waals surface area contributed by atoms with Crippen LogP contribution in [0, 0.1) is 18.8 Å². The first-order valence-corrected chi connectivity index (χ1v) is 6.36. The molecule has 2 N–H and O–H groups in total. The summed E-state index contributed by atoms with van der Waals surface area (Å²) >= 11 is 0. The van der Waals surface area contributed by atoms with Gasteiger partial charge in [-0.05, 0) is 19.3 Å². The van der Waals surface area contributed by atoms with Gasteiger partial charge in [0.05, 0.1) is 5.92 Å². The van der Waals surface area contributed by atoms with Gasteiger partial charge in [0.1, 0.15) is 0 Å². The second-order valence-corrected chi connectivity index (χ2v) is 4.82. The molecule has 0 bridgehead atoms. The number of carbonyl (C=O) groups is 2. The van der Waals surface area contributed by atoms with Gasteiger partial charge < -0.3 is 14.9 Å². The molecule has 0 unspecified atom stereocenters. The van der Waals surface area contributed by atoms with E-state index in [-0.39, 0.29) is 17.7 Å². The zero-order valence-electron chi connectivity index (χ0n) is 10.8. The van der Waals surface area contributed by atoms with Gasteiger partial charge in [-0.1, -0.05) is 5.16 Å². The van der Waals surface area contributed by atoms with E-state index in [1.807, 2.05) is 0 Å². The molecular formula is C12H17N3O4. The molecule has 7 heteroatoms. The van der Waals surface area contributed by atoms with E-state index in [1.54, 1.807) is 6.92 Å². The molecule has 2 rings (SSSR count). The molecule has 1 aliphatic carbocycles. The maximum atomic E-state index is 11.8. The lowest BCUT2D eigenvalue weighted by Gasteiger charge is -2.09. The number of hydrogen-bond donors (Lipinski definition) is 2. The van der Waals surface area contributed by atoms with Crippen molar-refractivity contribution in [3.8, 4) is 0 Å². The van der Waals surface area contributed by atoms with Gasteiger partial charge in [-0.15, -0.1) is 0 Å². The summed E-state index contributed by atoms with van der Waals surface area (Å²) in [5, 5.41) is 15.4. The monoisotopic (exact) mass is 267 g/mol. The summed E-state index contributed by atoms with van der Waals surface area (Å²) in [7, 11) is 0. The van der Waals surface area contributed by atoms with E-state index in [0.717, 1.165) is 0 Å². The molecular weight excluding hydrogens is 250 g/mol. The lowest BCUT2D eigenvalue weighted by molar-refractivity contribution is -0.141. The van der Waals surface area contributed by atoms with Crippen LogP contribution in [0.1, 0.15) is 31.0 Å². The van der Waals surface area contributed by atoms with Crippen molar-refractivity contribution < 1.29 is 19.2 Å². The number of carboxylic acids is 1. The van der Waals surface area contributed by atoms with Crippen LogP contribution in [0.5, 0.6) is 0 Å². The van der Waals surface area contributed by atoms with Gasteiger partial charge in [0.25, 0.3) is 0 Å². The third-order valence-corrected chi connectivity index (χ3v) is 3.37. The van der Waals surface area contributed by atoms with E-state index in [4.69, 9.17) is 9.63 Å². The van der Waals surface area contributed by atoms with Gasteiger partial charge >= 0.3 is 5.97 Å². The van der Waals surface area contributed by atoms with E-state index < -0.39 is 5.97 Å². The van der Waals surface area contributed by atoms with Crippen molar-refractivity contribution in [2.24, 2.45) is 11.8 Å². The first-order chi connectivity index (χ1) is 9.06. The van der Waals surface area contributed by atoms with Gasteiger partial charge in [-0.3, -0.25) is 9.59 Å². The lowest BCUT2D eigenvalue weighted by atomic mass is 10.0. The number of nitrogens with zero attached hydrogens (tertiary/aromatic N) is 2. The third kappa shape index (κ3) is 3.52. The molecule has 1 saturated carbocycles. The highest BCUT2D eigenvalue weighted by molar-refractivity contribution is 5.80. The zero-order chi connectivity index (χ0) is 13.8. The normalized spacial score (nSPS) is 22.4. The predicted molar refractivity (Wildman–Crippen MR) is 64.2 cm³/mol. The maximum absolute atomic E-state index is 11.8. The van der Waals surface area contributed by atoms with Gasteiger partial charge in [0.15, 0.2) is 5.82 Å². The van der Waals surface area contributed by atoms with Crippen molar-refractivity contribution in [2.75, 3.05) is 6.54 Å².